The van der Waals surface area contributed by atoms with Crippen LogP contribution in [0.1, 0.15) is 35.2 Å². The molecule has 1 aromatic carbocycles. The van der Waals surface area contributed by atoms with Crippen molar-refractivity contribution in [1.29, 1.82) is 0 Å². The number of nitrogens with one attached hydrogen (secondary N) is 1. The first kappa shape index (κ1) is 14.6. The van der Waals surface area contributed by atoms with E-state index in [1.54, 1.807) is 24.3 Å². The Kier molecular flexibility index (Phi) is 3.58. The molecule has 24 heavy (non-hydrogen) atoms. The van der Waals surface area contributed by atoms with Crippen LogP contribution in [0.4, 0.5) is 6.01 Å². The lowest BCUT2D eigenvalue weighted by Gasteiger charge is -2.03. The minimum Gasteiger partial charge on any atom is -0.422 e. The summed E-state index contributed by atoms with van der Waals surface area (Å²) in [5.41, 5.74) is -0.451. The van der Waals surface area contributed by atoms with E-state index in [4.69, 9.17) is 13.6 Å². The largest absolute Gasteiger partial charge is 0.422 e. The van der Waals surface area contributed by atoms with Crippen molar-refractivity contribution < 1.29 is 18.4 Å². The van der Waals surface area contributed by atoms with Crippen molar-refractivity contribution in [2.75, 3.05) is 11.9 Å². The van der Waals surface area contributed by atoms with Crippen LogP contribution in [0.2, 0.25) is 0 Å². The molecule has 0 unspecified atom stereocenters. The molecule has 3 heterocycles. The second-order valence-electron chi connectivity index (χ2n) is 5.39. The highest BCUT2D eigenvalue weighted by atomic mass is 16.5. The number of carbonyl (C=O) groups is 1. The van der Waals surface area contributed by atoms with Crippen LogP contribution in [0.3, 0.4) is 0 Å². The SMILES string of the molecule is O=C(Nc1nnc([C@@H]2CCCO2)o1)c1cc2ccccc2oc1=O. The Morgan fingerprint density at radius 2 is 2.08 bits per heavy atom. The number of nitrogens with zero attached hydrogens (tertiary/aromatic N) is 2. The lowest BCUT2D eigenvalue weighted by atomic mass is 10.2. The predicted molar refractivity (Wildman–Crippen MR) is 82.7 cm³/mol. The van der Waals surface area contributed by atoms with Crippen LogP contribution in [-0.4, -0.2) is 22.7 Å². The van der Waals surface area contributed by atoms with E-state index in [9.17, 15) is 9.59 Å². The van der Waals surface area contributed by atoms with Gasteiger partial charge in [0, 0.05) is 12.0 Å². The maximum atomic E-state index is 12.3. The number of carbonyl (C=O) groups excluding carboxylic acids is 1. The van der Waals surface area contributed by atoms with E-state index in [0.29, 0.717) is 23.5 Å². The summed E-state index contributed by atoms with van der Waals surface area (Å²) >= 11 is 0. The van der Waals surface area contributed by atoms with Gasteiger partial charge in [-0.2, -0.15) is 0 Å². The van der Waals surface area contributed by atoms with Gasteiger partial charge in [0.2, 0.25) is 5.89 Å². The zero-order valence-electron chi connectivity index (χ0n) is 12.5. The molecule has 1 N–H and O–H groups in total. The fourth-order valence-corrected chi connectivity index (χ4v) is 2.57. The lowest BCUT2D eigenvalue weighted by Crippen LogP contribution is -2.20. The van der Waals surface area contributed by atoms with E-state index in [2.05, 4.69) is 15.5 Å². The van der Waals surface area contributed by atoms with Crippen molar-refractivity contribution in [3.05, 3.63) is 52.2 Å². The molecular formula is C16H13N3O5. The Morgan fingerprint density at radius 1 is 1.21 bits per heavy atom. The Morgan fingerprint density at radius 3 is 2.92 bits per heavy atom. The Labute approximate surface area is 135 Å². The number of rotatable bonds is 3. The molecule has 1 amide bonds. The van der Waals surface area contributed by atoms with Crippen LogP contribution in [0.15, 0.2) is 44.0 Å². The zero-order valence-corrected chi connectivity index (χ0v) is 12.5. The van der Waals surface area contributed by atoms with Crippen LogP contribution >= 0.6 is 0 Å². The van der Waals surface area contributed by atoms with Crippen molar-refractivity contribution in [3.63, 3.8) is 0 Å². The molecule has 0 spiro atoms. The molecule has 0 saturated carbocycles. The molecule has 8 heteroatoms. The van der Waals surface area contributed by atoms with Crippen molar-refractivity contribution in [3.8, 4) is 0 Å². The molecule has 0 radical (unpaired) electrons. The van der Waals surface area contributed by atoms with Gasteiger partial charge in [0.1, 0.15) is 17.3 Å². The van der Waals surface area contributed by atoms with E-state index in [1.807, 2.05) is 0 Å². The van der Waals surface area contributed by atoms with Gasteiger partial charge in [-0.1, -0.05) is 23.3 Å². The second kappa shape index (κ2) is 5.89. The topological polar surface area (TPSA) is 107 Å². The Hall–Kier alpha value is -3.00. The highest BCUT2D eigenvalue weighted by Crippen LogP contribution is 2.28. The van der Waals surface area contributed by atoms with Crippen LogP contribution in [0.5, 0.6) is 0 Å². The highest BCUT2D eigenvalue weighted by molar-refractivity contribution is 6.04. The molecule has 1 fully saturated rings. The molecule has 0 aliphatic carbocycles. The smallest absolute Gasteiger partial charge is 0.349 e. The van der Waals surface area contributed by atoms with Crippen molar-refractivity contribution in [2.24, 2.45) is 0 Å². The third kappa shape index (κ3) is 2.67. The Bertz CT molecular complexity index is 956. The number of hydrogen-bond acceptors (Lipinski definition) is 7. The third-order valence-electron chi connectivity index (χ3n) is 3.75. The first-order chi connectivity index (χ1) is 11.7. The molecule has 0 bridgehead atoms. The molecule has 122 valence electrons. The fraction of sp³-hybridized carbons (Fsp3) is 0.250. The number of amides is 1. The Balaban J connectivity index is 1.58. The molecule has 1 aliphatic heterocycles. The highest BCUT2D eigenvalue weighted by Gasteiger charge is 2.24. The molecule has 3 aromatic rings. The summed E-state index contributed by atoms with van der Waals surface area (Å²) in [6.07, 6.45) is 1.48. The predicted octanol–water partition coefficient (Wildman–Crippen LogP) is 2.28. The zero-order chi connectivity index (χ0) is 16.5. The summed E-state index contributed by atoms with van der Waals surface area (Å²) in [4.78, 5) is 24.2. The van der Waals surface area contributed by atoms with Crippen LogP contribution in [0, 0.1) is 0 Å². The van der Waals surface area contributed by atoms with Gasteiger partial charge in [0.25, 0.3) is 5.91 Å². The maximum absolute atomic E-state index is 12.3. The molecule has 8 nitrogen and oxygen atoms in total. The summed E-state index contributed by atoms with van der Waals surface area (Å²) < 4.78 is 15.9. The summed E-state index contributed by atoms with van der Waals surface area (Å²) in [7, 11) is 0. The standard InChI is InChI=1S/C16H13N3O5/c20-13(10-8-9-4-1-2-5-11(9)23-15(10)21)17-16-19-18-14(24-16)12-6-3-7-22-12/h1-2,4-5,8,12H,3,6-7H2,(H,17,19,20)/t12-/m0/s1. The monoisotopic (exact) mass is 327 g/mol. The van der Waals surface area contributed by atoms with Gasteiger partial charge >= 0.3 is 11.6 Å². The number of benzene rings is 1. The maximum Gasteiger partial charge on any atom is 0.349 e. The number of anilines is 1. The van der Waals surface area contributed by atoms with Gasteiger partial charge in [0.15, 0.2) is 0 Å². The van der Waals surface area contributed by atoms with Crippen LogP contribution in [-0.2, 0) is 4.74 Å². The quantitative estimate of drug-likeness (QED) is 0.735. The number of hydrogen-bond donors (Lipinski definition) is 1. The molecule has 1 aliphatic rings. The number of para-hydroxylation sites is 1. The molecule has 1 saturated heterocycles. The molecule has 4 rings (SSSR count). The number of aromatic nitrogens is 2. The van der Waals surface area contributed by atoms with Crippen LogP contribution < -0.4 is 10.9 Å². The average Bonchev–Trinajstić information content (AvgIpc) is 3.25. The second-order valence-corrected chi connectivity index (χ2v) is 5.39. The van der Waals surface area contributed by atoms with E-state index < -0.39 is 11.5 Å². The molecule has 2 aromatic heterocycles. The van der Waals surface area contributed by atoms with E-state index in [0.717, 1.165) is 12.8 Å². The van der Waals surface area contributed by atoms with Crippen molar-refractivity contribution in [1.82, 2.24) is 10.2 Å². The summed E-state index contributed by atoms with van der Waals surface area (Å²) in [5, 5.41) is 10.7. The van der Waals surface area contributed by atoms with Crippen molar-refractivity contribution >= 4 is 22.9 Å². The van der Waals surface area contributed by atoms with Gasteiger partial charge < -0.3 is 13.6 Å². The minimum absolute atomic E-state index is 0.0851. The van der Waals surface area contributed by atoms with E-state index in [1.165, 1.54) is 6.07 Å². The van der Waals surface area contributed by atoms with Gasteiger partial charge in [-0.25, -0.2) is 4.79 Å². The van der Waals surface area contributed by atoms with Gasteiger partial charge in [-0.05, 0) is 25.0 Å². The molecular weight excluding hydrogens is 314 g/mol. The average molecular weight is 327 g/mol. The number of fused-ring (bicyclic) bond motifs is 1. The van der Waals surface area contributed by atoms with Gasteiger partial charge in [-0.3, -0.25) is 10.1 Å². The van der Waals surface area contributed by atoms with E-state index in [-0.39, 0.29) is 17.7 Å². The number of ether oxygens (including phenoxy) is 1. The summed E-state index contributed by atoms with van der Waals surface area (Å²) in [6, 6.07) is 8.32. The third-order valence-corrected chi connectivity index (χ3v) is 3.75. The van der Waals surface area contributed by atoms with E-state index >= 15 is 0 Å². The van der Waals surface area contributed by atoms with Crippen LogP contribution in [0.25, 0.3) is 11.0 Å². The fourth-order valence-electron chi connectivity index (χ4n) is 2.57. The van der Waals surface area contributed by atoms with Crippen molar-refractivity contribution in [2.45, 2.75) is 18.9 Å². The molecule has 1 atom stereocenters. The summed E-state index contributed by atoms with van der Waals surface area (Å²) in [6.45, 7) is 0.646. The minimum atomic E-state index is -0.731. The summed E-state index contributed by atoms with van der Waals surface area (Å²) in [5.74, 6) is -0.356. The first-order valence-corrected chi connectivity index (χ1v) is 7.50. The normalized spacial score (nSPS) is 17.2. The van der Waals surface area contributed by atoms with Gasteiger partial charge in [0.05, 0.1) is 0 Å². The lowest BCUT2D eigenvalue weighted by molar-refractivity contribution is 0.0892. The first-order valence-electron chi connectivity index (χ1n) is 7.50. The van der Waals surface area contributed by atoms with Gasteiger partial charge in [-0.15, -0.1) is 5.10 Å².